The Morgan fingerprint density at radius 3 is 1.36 bits per heavy atom. The first kappa shape index (κ1) is 57.8. The van der Waals surface area contributed by atoms with Crippen LogP contribution < -0.4 is 5.11 Å². The number of carbonyl (C=O) groups is 3. The highest BCUT2D eigenvalue weighted by atomic mass is 16.6. The maximum absolute atomic E-state index is 12.8. The standard InChI is InChI=1S/C53H91NO7/c1-6-8-10-12-14-16-18-20-22-24-25-26-28-30-32-34-36-38-40-42-44-52(56)61-49(47-59-46-45-50(53(57)58)54(3,4)5)48-60-51(55)43-41-39-37-35-33-31-29-27-23-21-19-17-15-13-11-9-7-2/h8,10,14-17,20-23,25-26,49-50H,6-7,9,11-13,18-19,24,27-48H2,1-5H3/b10-8+,16-14+,17-15+,22-20+,23-21+,26-25+. The number of carboxylic acid groups (broad SMARTS) is 1. The summed E-state index contributed by atoms with van der Waals surface area (Å²) in [6.45, 7) is 4.51. The molecule has 0 fully saturated rings. The van der Waals surface area contributed by atoms with Crippen LogP contribution in [0.3, 0.4) is 0 Å². The maximum atomic E-state index is 12.8. The van der Waals surface area contributed by atoms with Gasteiger partial charge in [-0.2, -0.15) is 0 Å². The van der Waals surface area contributed by atoms with E-state index in [9.17, 15) is 19.5 Å². The van der Waals surface area contributed by atoms with Gasteiger partial charge in [-0.3, -0.25) is 9.59 Å². The number of hydrogen-bond donors (Lipinski definition) is 0. The molecule has 0 saturated heterocycles. The molecule has 2 unspecified atom stereocenters. The van der Waals surface area contributed by atoms with Crippen LogP contribution >= 0.6 is 0 Å². The van der Waals surface area contributed by atoms with E-state index >= 15 is 0 Å². The van der Waals surface area contributed by atoms with Gasteiger partial charge in [-0.05, 0) is 83.5 Å². The van der Waals surface area contributed by atoms with Gasteiger partial charge in [0.05, 0.1) is 40.3 Å². The molecule has 0 aliphatic carbocycles. The summed E-state index contributed by atoms with van der Waals surface area (Å²) in [5.74, 6) is -1.76. The second-order valence-corrected chi connectivity index (χ2v) is 17.3. The summed E-state index contributed by atoms with van der Waals surface area (Å²) in [5, 5.41) is 11.7. The van der Waals surface area contributed by atoms with E-state index in [-0.39, 0.29) is 42.7 Å². The quantitative estimate of drug-likeness (QED) is 0.0260. The van der Waals surface area contributed by atoms with Crippen molar-refractivity contribution in [2.24, 2.45) is 0 Å². The number of carboxylic acids is 1. The zero-order chi connectivity index (χ0) is 44.9. The SMILES string of the molecule is CC/C=C/C/C=C/C/C=C/C/C=C/CCCCCCCCCC(=O)OC(COCCC(C(=O)[O-])[N+](C)(C)C)COC(=O)CCCCCCCCC/C=C/C/C=C/CCCCC. The molecule has 0 aliphatic rings. The Morgan fingerprint density at radius 1 is 0.508 bits per heavy atom. The third kappa shape index (κ3) is 41.9. The third-order valence-electron chi connectivity index (χ3n) is 10.6. The van der Waals surface area contributed by atoms with E-state index in [4.69, 9.17) is 14.2 Å². The summed E-state index contributed by atoms with van der Waals surface area (Å²) >= 11 is 0. The van der Waals surface area contributed by atoms with Crippen LogP contribution in [0, 0.1) is 0 Å². The smallest absolute Gasteiger partial charge is 0.306 e. The number of esters is 2. The van der Waals surface area contributed by atoms with Crippen LogP contribution in [0.1, 0.15) is 194 Å². The summed E-state index contributed by atoms with van der Waals surface area (Å²) in [4.78, 5) is 37.0. The lowest BCUT2D eigenvalue weighted by molar-refractivity contribution is -0.889. The molecule has 0 radical (unpaired) electrons. The van der Waals surface area contributed by atoms with Crippen molar-refractivity contribution >= 4 is 17.9 Å². The molecule has 0 N–H and O–H groups in total. The first-order chi connectivity index (χ1) is 29.6. The van der Waals surface area contributed by atoms with Gasteiger partial charge in [0.15, 0.2) is 6.10 Å². The minimum absolute atomic E-state index is 0.0306. The van der Waals surface area contributed by atoms with Crippen molar-refractivity contribution in [1.82, 2.24) is 0 Å². The van der Waals surface area contributed by atoms with Crippen molar-refractivity contribution in [3.63, 3.8) is 0 Å². The van der Waals surface area contributed by atoms with Crippen LogP contribution in [-0.2, 0) is 28.6 Å². The molecular formula is C53H91NO7. The topological polar surface area (TPSA) is 102 Å². The molecular weight excluding hydrogens is 763 g/mol. The number of aliphatic carboxylic acids is 1. The first-order valence-corrected chi connectivity index (χ1v) is 24.5. The van der Waals surface area contributed by atoms with Gasteiger partial charge in [0.1, 0.15) is 12.6 Å². The average Bonchev–Trinajstić information content (AvgIpc) is 3.22. The second-order valence-electron chi connectivity index (χ2n) is 17.3. The van der Waals surface area contributed by atoms with Gasteiger partial charge in [-0.25, -0.2) is 0 Å². The van der Waals surface area contributed by atoms with Crippen LogP contribution in [-0.4, -0.2) is 75.5 Å². The summed E-state index contributed by atoms with van der Waals surface area (Å²) in [6.07, 6.45) is 54.9. The van der Waals surface area contributed by atoms with E-state index in [1.807, 2.05) is 0 Å². The van der Waals surface area contributed by atoms with E-state index in [1.54, 1.807) is 21.1 Å². The van der Waals surface area contributed by atoms with Crippen molar-refractivity contribution in [3.05, 3.63) is 72.9 Å². The minimum Gasteiger partial charge on any atom is -0.544 e. The number of likely N-dealkylation sites (N-methyl/N-ethyl adjacent to an activating group) is 1. The highest BCUT2D eigenvalue weighted by molar-refractivity contribution is 5.70. The fourth-order valence-electron chi connectivity index (χ4n) is 6.80. The Balaban J connectivity index is 4.32. The van der Waals surface area contributed by atoms with Crippen molar-refractivity contribution in [2.75, 3.05) is 41.0 Å². The molecule has 8 heteroatoms. The largest absolute Gasteiger partial charge is 0.544 e. The van der Waals surface area contributed by atoms with E-state index in [1.165, 1.54) is 70.6 Å². The highest BCUT2D eigenvalue weighted by Crippen LogP contribution is 2.14. The van der Waals surface area contributed by atoms with E-state index < -0.39 is 18.1 Å². The van der Waals surface area contributed by atoms with Gasteiger partial charge in [-0.15, -0.1) is 0 Å². The zero-order valence-electron chi connectivity index (χ0n) is 39.8. The Kier molecular flexibility index (Phi) is 41.1. The lowest BCUT2D eigenvalue weighted by Gasteiger charge is -2.34. The molecule has 0 aromatic heterocycles. The number of hydrogen-bond acceptors (Lipinski definition) is 7. The van der Waals surface area contributed by atoms with E-state index in [0.717, 1.165) is 89.9 Å². The Labute approximate surface area is 374 Å². The average molecular weight is 854 g/mol. The van der Waals surface area contributed by atoms with Gasteiger partial charge >= 0.3 is 11.9 Å². The molecule has 0 aromatic carbocycles. The maximum Gasteiger partial charge on any atom is 0.306 e. The Hall–Kier alpha value is -3.23. The molecule has 8 nitrogen and oxygen atoms in total. The number of carbonyl (C=O) groups excluding carboxylic acids is 3. The number of nitrogens with zero attached hydrogens (tertiary/aromatic N) is 1. The lowest BCUT2D eigenvalue weighted by Crippen LogP contribution is -2.55. The molecule has 0 heterocycles. The molecule has 350 valence electrons. The predicted octanol–water partition coefficient (Wildman–Crippen LogP) is 12.6. The van der Waals surface area contributed by atoms with Gasteiger partial charge in [0, 0.05) is 19.3 Å². The van der Waals surface area contributed by atoms with E-state index in [0.29, 0.717) is 12.8 Å². The van der Waals surface area contributed by atoms with Gasteiger partial charge < -0.3 is 28.6 Å². The molecule has 61 heavy (non-hydrogen) atoms. The molecule has 0 rings (SSSR count). The fourth-order valence-corrected chi connectivity index (χ4v) is 6.80. The molecule has 0 aliphatic heterocycles. The van der Waals surface area contributed by atoms with Crippen LogP contribution in [0.5, 0.6) is 0 Å². The highest BCUT2D eigenvalue weighted by Gasteiger charge is 2.25. The van der Waals surface area contributed by atoms with Crippen LogP contribution in [0.15, 0.2) is 72.9 Å². The first-order valence-electron chi connectivity index (χ1n) is 24.5. The lowest BCUT2D eigenvalue weighted by atomic mass is 10.1. The number of unbranched alkanes of at least 4 members (excludes halogenated alkanes) is 17. The van der Waals surface area contributed by atoms with Crippen molar-refractivity contribution in [3.8, 4) is 0 Å². The Bertz CT molecular complexity index is 1230. The second kappa shape index (κ2) is 43.4. The summed E-state index contributed by atoms with van der Waals surface area (Å²) in [5.41, 5.74) is 0. The van der Waals surface area contributed by atoms with Gasteiger partial charge in [0.25, 0.3) is 0 Å². The number of quaternary nitrogens is 1. The minimum atomic E-state index is -1.13. The van der Waals surface area contributed by atoms with Crippen LogP contribution in [0.25, 0.3) is 0 Å². The van der Waals surface area contributed by atoms with Crippen molar-refractivity contribution < 1.29 is 38.2 Å². The molecule has 0 aromatic rings. The summed E-state index contributed by atoms with van der Waals surface area (Å²) < 4.78 is 17.2. The zero-order valence-corrected chi connectivity index (χ0v) is 39.8. The summed E-state index contributed by atoms with van der Waals surface area (Å²) in [7, 11) is 5.40. The summed E-state index contributed by atoms with van der Waals surface area (Å²) in [6, 6.07) is -0.733. The third-order valence-corrected chi connectivity index (χ3v) is 10.6. The number of allylic oxidation sites excluding steroid dienone is 12. The van der Waals surface area contributed by atoms with Crippen LogP contribution in [0.2, 0.25) is 0 Å². The predicted molar refractivity (Wildman–Crippen MR) is 254 cm³/mol. The monoisotopic (exact) mass is 854 g/mol. The normalized spacial score (nSPS) is 13.5. The molecule has 0 saturated carbocycles. The molecule has 0 spiro atoms. The van der Waals surface area contributed by atoms with Crippen LogP contribution in [0.4, 0.5) is 0 Å². The van der Waals surface area contributed by atoms with Gasteiger partial charge in [-0.1, -0.05) is 164 Å². The van der Waals surface area contributed by atoms with E-state index in [2.05, 4.69) is 86.8 Å². The van der Waals surface area contributed by atoms with Gasteiger partial charge in [0.2, 0.25) is 0 Å². The van der Waals surface area contributed by atoms with Crippen molar-refractivity contribution in [2.45, 2.75) is 206 Å². The molecule has 0 amide bonds. The molecule has 2 atom stereocenters. The number of rotatable bonds is 43. The van der Waals surface area contributed by atoms with Crippen molar-refractivity contribution in [1.29, 1.82) is 0 Å². The number of ether oxygens (including phenoxy) is 3. The Morgan fingerprint density at radius 2 is 0.918 bits per heavy atom. The fraction of sp³-hybridized carbons (Fsp3) is 0.717. The molecule has 0 bridgehead atoms.